The van der Waals surface area contributed by atoms with Crippen LogP contribution in [0.5, 0.6) is 0 Å². The second-order valence-electron chi connectivity index (χ2n) is 10.7. The number of rotatable bonds is 13. The Balaban J connectivity index is 1.18. The van der Waals surface area contributed by atoms with Gasteiger partial charge in [0.1, 0.15) is 12.1 Å². The molecule has 2 unspecified atom stereocenters. The van der Waals surface area contributed by atoms with E-state index >= 15 is 0 Å². The molecule has 2 atom stereocenters. The molecule has 3 heterocycles. The zero-order valence-corrected chi connectivity index (χ0v) is 23.8. The highest BCUT2D eigenvalue weighted by molar-refractivity contribution is 5.90. The van der Waals surface area contributed by atoms with Gasteiger partial charge in [0, 0.05) is 44.1 Å². The summed E-state index contributed by atoms with van der Waals surface area (Å²) in [6, 6.07) is 10.8. The number of nitriles is 1. The van der Waals surface area contributed by atoms with Crippen molar-refractivity contribution in [2.75, 3.05) is 45.9 Å². The van der Waals surface area contributed by atoms with Crippen LogP contribution in [0.25, 0.3) is 11.1 Å². The minimum absolute atomic E-state index is 0.131. The molecule has 0 aliphatic carbocycles. The van der Waals surface area contributed by atoms with Gasteiger partial charge >= 0.3 is 0 Å². The third kappa shape index (κ3) is 8.59. The number of benzene rings is 1. The summed E-state index contributed by atoms with van der Waals surface area (Å²) in [5.41, 5.74) is 3.11. The normalized spacial score (nSPS) is 17.7. The molecule has 1 aromatic carbocycles. The number of ether oxygens (including phenoxy) is 1. The lowest BCUT2D eigenvalue weighted by molar-refractivity contribution is -0.139. The van der Waals surface area contributed by atoms with Crippen molar-refractivity contribution in [2.45, 2.75) is 57.5 Å². The summed E-state index contributed by atoms with van der Waals surface area (Å²) in [6.07, 6.45) is 8.22. The molecule has 2 aromatic rings. The third-order valence-corrected chi connectivity index (χ3v) is 7.77. The minimum atomic E-state index is -0.560. The maximum Gasteiger partial charge on any atom is 0.243 e. The van der Waals surface area contributed by atoms with Gasteiger partial charge in [0.15, 0.2) is 0 Å². The Morgan fingerprint density at radius 3 is 2.63 bits per heavy atom. The van der Waals surface area contributed by atoms with Crippen LogP contribution in [0.3, 0.4) is 0 Å². The molecular formula is C31H40N6O4. The summed E-state index contributed by atoms with van der Waals surface area (Å²) in [5.74, 6) is -0.698. The summed E-state index contributed by atoms with van der Waals surface area (Å²) in [5, 5.41) is 15.0. The van der Waals surface area contributed by atoms with Gasteiger partial charge in [0.2, 0.25) is 17.7 Å². The molecule has 2 aliphatic heterocycles. The van der Waals surface area contributed by atoms with Gasteiger partial charge in [-0.1, -0.05) is 24.3 Å². The molecule has 2 saturated heterocycles. The third-order valence-electron chi connectivity index (χ3n) is 7.77. The predicted molar refractivity (Wildman–Crippen MR) is 154 cm³/mol. The average Bonchev–Trinajstić information content (AvgIpc) is 3.70. The molecule has 1 aromatic heterocycles. The lowest BCUT2D eigenvalue weighted by atomic mass is 9.99. The fraction of sp³-hybridized carbons (Fsp3) is 0.516. The molecule has 0 spiro atoms. The van der Waals surface area contributed by atoms with E-state index < -0.39 is 6.04 Å². The van der Waals surface area contributed by atoms with Gasteiger partial charge in [-0.25, -0.2) is 0 Å². The Kier molecular flexibility index (Phi) is 11.2. The van der Waals surface area contributed by atoms with Crippen LogP contribution in [0.1, 0.15) is 62.6 Å². The first-order chi connectivity index (χ1) is 20.0. The van der Waals surface area contributed by atoms with Gasteiger partial charge < -0.3 is 25.2 Å². The maximum absolute atomic E-state index is 13.1. The van der Waals surface area contributed by atoms with E-state index in [0.29, 0.717) is 31.7 Å². The predicted octanol–water partition coefficient (Wildman–Crippen LogP) is 2.80. The summed E-state index contributed by atoms with van der Waals surface area (Å²) in [7, 11) is 0. The van der Waals surface area contributed by atoms with Crippen molar-refractivity contribution in [1.82, 2.24) is 25.4 Å². The number of nitrogens with zero attached hydrogens (tertiary/aromatic N) is 4. The van der Waals surface area contributed by atoms with E-state index in [1.54, 1.807) is 23.4 Å². The van der Waals surface area contributed by atoms with Crippen LogP contribution in [-0.2, 0) is 19.1 Å². The zero-order valence-electron chi connectivity index (χ0n) is 23.8. The molecule has 2 fully saturated rings. The summed E-state index contributed by atoms with van der Waals surface area (Å²) in [6.45, 7) is 6.59. The van der Waals surface area contributed by atoms with Gasteiger partial charge in [0.05, 0.1) is 24.8 Å². The SMILES string of the molecule is CC(NC(=O)C1CCCN1C(=O)CNC(=O)CCOCCCN1CCCC1)c1ccc(-c2ccncc2C#N)cc1. The Morgan fingerprint density at radius 2 is 1.88 bits per heavy atom. The molecule has 0 bridgehead atoms. The van der Waals surface area contributed by atoms with E-state index in [4.69, 9.17) is 4.74 Å². The lowest BCUT2D eigenvalue weighted by Crippen LogP contribution is -2.49. The monoisotopic (exact) mass is 560 g/mol. The average molecular weight is 561 g/mol. The molecule has 3 amide bonds. The standard InChI is InChI=1S/C31H40N6O4/c1-23(24-7-9-25(10-8-24)27-11-13-33-21-26(27)20-32)35-31(40)28-6-4-17-37(28)30(39)22-34-29(38)12-19-41-18-5-16-36-14-2-3-15-36/h7-11,13,21,23,28H,2-6,12,14-19,22H2,1H3,(H,34,38)(H,35,40). The van der Waals surface area contributed by atoms with E-state index in [1.807, 2.05) is 31.2 Å². The topological polar surface area (TPSA) is 128 Å². The highest BCUT2D eigenvalue weighted by atomic mass is 16.5. The second kappa shape index (κ2) is 15.3. The molecular weight excluding hydrogens is 520 g/mol. The van der Waals surface area contributed by atoms with Crippen molar-refractivity contribution in [3.8, 4) is 17.2 Å². The van der Waals surface area contributed by atoms with Crippen molar-refractivity contribution in [2.24, 2.45) is 0 Å². The van der Waals surface area contributed by atoms with Crippen LogP contribution in [0.2, 0.25) is 0 Å². The van der Waals surface area contributed by atoms with Crippen molar-refractivity contribution in [1.29, 1.82) is 5.26 Å². The number of carbonyl (C=O) groups is 3. The van der Waals surface area contributed by atoms with E-state index in [-0.39, 0.29) is 36.7 Å². The molecule has 2 aliphatic rings. The van der Waals surface area contributed by atoms with Crippen LogP contribution in [-0.4, -0.2) is 84.5 Å². The van der Waals surface area contributed by atoms with Crippen LogP contribution in [0.15, 0.2) is 42.7 Å². The molecule has 0 saturated carbocycles. The number of likely N-dealkylation sites (tertiary alicyclic amines) is 2. The molecule has 0 radical (unpaired) electrons. The molecule has 10 heteroatoms. The summed E-state index contributed by atoms with van der Waals surface area (Å²) >= 11 is 0. The number of aromatic nitrogens is 1. The van der Waals surface area contributed by atoms with Gasteiger partial charge in [-0.2, -0.15) is 5.26 Å². The fourth-order valence-corrected chi connectivity index (χ4v) is 5.44. The van der Waals surface area contributed by atoms with Crippen LogP contribution >= 0.6 is 0 Å². The number of carbonyl (C=O) groups excluding carboxylic acids is 3. The molecule has 10 nitrogen and oxygen atoms in total. The number of hydrogen-bond donors (Lipinski definition) is 2. The number of amides is 3. The van der Waals surface area contributed by atoms with Crippen molar-refractivity contribution < 1.29 is 19.1 Å². The lowest BCUT2D eigenvalue weighted by Gasteiger charge is -2.26. The fourth-order valence-electron chi connectivity index (χ4n) is 5.44. The quantitative estimate of drug-likeness (QED) is 0.361. The van der Waals surface area contributed by atoms with Crippen molar-refractivity contribution >= 4 is 17.7 Å². The van der Waals surface area contributed by atoms with Gasteiger partial charge in [-0.3, -0.25) is 19.4 Å². The highest BCUT2D eigenvalue weighted by Gasteiger charge is 2.34. The second-order valence-corrected chi connectivity index (χ2v) is 10.7. The Bertz CT molecular complexity index is 1220. The zero-order chi connectivity index (χ0) is 29.0. The van der Waals surface area contributed by atoms with Crippen molar-refractivity contribution in [3.05, 3.63) is 53.9 Å². The minimum Gasteiger partial charge on any atom is -0.381 e. The van der Waals surface area contributed by atoms with E-state index in [2.05, 4.69) is 26.6 Å². The largest absolute Gasteiger partial charge is 0.381 e. The van der Waals surface area contributed by atoms with Gasteiger partial charge in [-0.15, -0.1) is 0 Å². The summed E-state index contributed by atoms with van der Waals surface area (Å²) < 4.78 is 5.58. The summed E-state index contributed by atoms with van der Waals surface area (Å²) in [4.78, 5) is 46.2. The first-order valence-electron chi connectivity index (χ1n) is 14.6. The number of pyridine rings is 1. The first kappa shape index (κ1) is 30.2. The maximum atomic E-state index is 13.1. The highest BCUT2D eigenvalue weighted by Crippen LogP contribution is 2.25. The Labute approximate surface area is 242 Å². The van der Waals surface area contributed by atoms with Crippen LogP contribution < -0.4 is 10.6 Å². The molecule has 2 N–H and O–H groups in total. The Hall–Kier alpha value is -3.81. The smallest absolute Gasteiger partial charge is 0.243 e. The molecule has 41 heavy (non-hydrogen) atoms. The number of nitrogens with one attached hydrogen (secondary N) is 2. The van der Waals surface area contributed by atoms with Crippen LogP contribution in [0.4, 0.5) is 0 Å². The number of hydrogen-bond acceptors (Lipinski definition) is 7. The van der Waals surface area contributed by atoms with Crippen LogP contribution in [0, 0.1) is 11.3 Å². The Morgan fingerprint density at radius 1 is 1.10 bits per heavy atom. The first-order valence-corrected chi connectivity index (χ1v) is 14.6. The van der Waals surface area contributed by atoms with E-state index in [0.717, 1.165) is 36.1 Å². The van der Waals surface area contributed by atoms with E-state index in [1.165, 1.54) is 25.9 Å². The molecule has 218 valence electrons. The van der Waals surface area contributed by atoms with Gasteiger partial charge in [0.25, 0.3) is 0 Å². The van der Waals surface area contributed by atoms with Crippen molar-refractivity contribution in [3.63, 3.8) is 0 Å². The van der Waals surface area contributed by atoms with Gasteiger partial charge in [-0.05, 0) is 69.3 Å². The molecule has 4 rings (SSSR count). The van der Waals surface area contributed by atoms with E-state index in [9.17, 15) is 19.6 Å².